The summed E-state index contributed by atoms with van der Waals surface area (Å²) in [5.74, 6) is 0. The zero-order valence-corrected chi connectivity index (χ0v) is 12.9. The minimum absolute atomic E-state index is 0.542. The van der Waals surface area contributed by atoms with Crippen LogP contribution in [0, 0.1) is 0 Å². The highest BCUT2D eigenvalue weighted by Crippen LogP contribution is 2.25. The van der Waals surface area contributed by atoms with Gasteiger partial charge in [0.25, 0.3) is 0 Å². The topological polar surface area (TPSA) is 6.48 Å². The molecule has 1 aliphatic rings. The maximum atomic E-state index is 2.57. The van der Waals surface area contributed by atoms with Gasteiger partial charge in [-0.3, -0.25) is 4.90 Å². The second-order valence-corrected chi connectivity index (χ2v) is 6.12. The van der Waals surface area contributed by atoms with Crippen LogP contribution in [0.25, 0.3) is 0 Å². The Morgan fingerprint density at radius 2 is 1.33 bits per heavy atom. The molecule has 2 heteroatoms. The van der Waals surface area contributed by atoms with Crippen LogP contribution in [0.2, 0.25) is 0 Å². The Balaban J connectivity index is 1.70. The summed E-state index contributed by atoms with van der Waals surface area (Å²) in [5, 5.41) is 0. The van der Waals surface area contributed by atoms with Crippen LogP contribution < -0.4 is 4.90 Å². The molecule has 0 saturated carbocycles. The van der Waals surface area contributed by atoms with E-state index in [1.807, 2.05) is 0 Å². The van der Waals surface area contributed by atoms with E-state index < -0.39 is 0 Å². The SMILES string of the molecule is C[C@@H]1CN(Cc2ccccc2)C[C@@H](C)N1c1ccccc1. The van der Waals surface area contributed by atoms with E-state index in [0.29, 0.717) is 12.1 Å². The van der Waals surface area contributed by atoms with Crippen molar-refractivity contribution in [2.75, 3.05) is 18.0 Å². The molecule has 0 unspecified atom stereocenters. The van der Waals surface area contributed by atoms with Gasteiger partial charge in [0, 0.05) is 37.4 Å². The molecule has 0 N–H and O–H groups in total. The highest BCUT2D eigenvalue weighted by molar-refractivity contribution is 5.48. The number of anilines is 1. The number of rotatable bonds is 3. The lowest BCUT2D eigenvalue weighted by Crippen LogP contribution is -2.56. The number of hydrogen-bond donors (Lipinski definition) is 0. The normalized spacial score (nSPS) is 23.2. The maximum absolute atomic E-state index is 2.57. The summed E-state index contributed by atoms with van der Waals surface area (Å²) in [6.07, 6.45) is 0. The number of nitrogens with zero attached hydrogens (tertiary/aromatic N) is 2. The van der Waals surface area contributed by atoms with Crippen LogP contribution in [-0.4, -0.2) is 30.1 Å². The van der Waals surface area contributed by atoms with E-state index >= 15 is 0 Å². The van der Waals surface area contributed by atoms with Gasteiger partial charge in [-0.05, 0) is 31.5 Å². The Morgan fingerprint density at radius 1 is 0.810 bits per heavy atom. The Labute approximate surface area is 128 Å². The molecule has 1 fully saturated rings. The average molecular weight is 280 g/mol. The summed E-state index contributed by atoms with van der Waals surface area (Å²) in [5.41, 5.74) is 2.75. The molecule has 2 aromatic carbocycles. The Bertz CT molecular complexity index is 540. The molecule has 0 aliphatic carbocycles. The molecule has 0 bridgehead atoms. The van der Waals surface area contributed by atoms with Crippen LogP contribution in [0.3, 0.4) is 0 Å². The van der Waals surface area contributed by atoms with Crippen LogP contribution in [0.5, 0.6) is 0 Å². The van der Waals surface area contributed by atoms with Crippen molar-refractivity contribution in [3.8, 4) is 0 Å². The van der Waals surface area contributed by atoms with Gasteiger partial charge in [-0.15, -0.1) is 0 Å². The van der Waals surface area contributed by atoms with E-state index in [2.05, 4.69) is 84.3 Å². The van der Waals surface area contributed by atoms with Gasteiger partial charge in [0.05, 0.1) is 0 Å². The standard InChI is InChI=1S/C19H24N2/c1-16-13-20(15-18-9-5-3-6-10-18)14-17(2)21(16)19-11-7-4-8-12-19/h3-12,16-17H,13-15H2,1-2H3/t16-,17-/m1/s1. The summed E-state index contributed by atoms with van der Waals surface area (Å²) in [6, 6.07) is 22.7. The summed E-state index contributed by atoms with van der Waals surface area (Å²) < 4.78 is 0. The van der Waals surface area contributed by atoms with Crippen LogP contribution in [0.4, 0.5) is 5.69 Å². The Morgan fingerprint density at radius 3 is 1.90 bits per heavy atom. The molecule has 0 amide bonds. The van der Waals surface area contributed by atoms with Crippen molar-refractivity contribution in [1.82, 2.24) is 4.90 Å². The molecule has 110 valence electrons. The monoisotopic (exact) mass is 280 g/mol. The van der Waals surface area contributed by atoms with Gasteiger partial charge >= 0.3 is 0 Å². The van der Waals surface area contributed by atoms with Gasteiger partial charge in [-0.25, -0.2) is 0 Å². The minimum atomic E-state index is 0.542. The number of hydrogen-bond acceptors (Lipinski definition) is 2. The molecule has 0 radical (unpaired) electrons. The summed E-state index contributed by atoms with van der Waals surface area (Å²) in [4.78, 5) is 5.13. The highest BCUT2D eigenvalue weighted by atomic mass is 15.3. The molecule has 2 aromatic rings. The highest BCUT2D eigenvalue weighted by Gasteiger charge is 2.29. The molecule has 1 saturated heterocycles. The molecule has 2 nitrogen and oxygen atoms in total. The summed E-state index contributed by atoms with van der Waals surface area (Å²) in [6.45, 7) is 7.96. The van der Waals surface area contributed by atoms with Gasteiger partial charge in [-0.1, -0.05) is 48.5 Å². The third kappa shape index (κ3) is 3.27. The second kappa shape index (κ2) is 6.31. The van der Waals surface area contributed by atoms with Crippen LogP contribution in [0.1, 0.15) is 19.4 Å². The van der Waals surface area contributed by atoms with E-state index in [1.165, 1.54) is 11.3 Å². The van der Waals surface area contributed by atoms with E-state index in [0.717, 1.165) is 19.6 Å². The fourth-order valence-electron chi connectivity index (χ4n) is 3.51. The smallest absolute Gasteiger partial charge is 0.0392 e. The molecule has 21 heavy (non-hydrogen) atoms. The van der Waals surface area contributed by atoms with Crippen molar-refractivity contribution in [3.63, 3.8) is 0 Å². The fraction of sp³-hybridized carbons (Fsp3) is 0.368. The average Bonchev–Trinajstić information content (AvgIpc) is 2.49. The lowest BCUT2D eigenvalue weighted by atomic mass is 10.1. The quantitative estimate of drug-likeness (QED) is 0.844. The molecule has 2 atom stereocenters. The molecular formula is C19H24N2. The summed E-state index contributed by atoms with van der Waals surface area (Å²) >= 11 is 0. The van der Waals surface area contributed by atoms with E-state index in [1.54, 1.807) is 0 Å². The second-order valence-electron chi connectivity index (χ2n) is 6.12. The first kappa shape index (κ1) is 14.2. The van der Waals surface area contributed by atoms with Crippen molar-refractivity contribution in [2.24, 2.45) is 0 Å². The van der Waals surface area contributed by atoms with Crippen molar-refractivity contribution in [1.29, 1.82) is 0 Å². The number of para-hydroxylation sites is 1. The first-order valence-corrected chi connectivity index (χ1v) is 7.83. The third-order valence-electron chi connectivity index (χ3n) is 4.30. The molecule has 0 aromatic heterocycles. The van der Waals surface area contributed by atoms with E-state index in [-0.39, 0.29) is 0 Å². The van der Waals surface area contributed by atoms with Gasteiger partial charge in [0.1, 0.15) is 0 Å². The predicted octanol–water partition coefficient (Wildman–Crippen LogP) is 3.79. The van der Waals surface area contributed by atoms with E-state index in [4.69, 9.17) is 0 Å². The van der Waals surface area contributed by atoms with Crippen molar-refractivity contribution in [3.05, 3.63) is 66.2 Å². The van der Waals surface area contributed by atoms with Crippen molar-refractivity contribution >= 4 is 5.69 Å². The lowest BCUT2D eigenvalue weighted by molar-refractivity contribution is 0.192. The Hall–Kier alpha value is -1.80. The van der Waals surface area contributed by atoms with Gasteiger partial charge in [0.15, 0.2) is 0 Å². The molecular weight excluding hydrogens is 256 g/mol. The van der Waals surface area contributed by atoms with Gasteiger partial charge < -0.3 is 4.90 Å². The van der Waals surface area contributed by atoms with Crippen LogP contribution in [-0.2, 0) is 6.54 Å². The molecule has 1 heterocycles. The van der Waals surface area contributed by atoms with Gasteiger partial charge in [-0.2, -0.15) is 0 Å². The fourth-order valence-corrected chi connectivity index (χ4v) is 3.51. The lowest BCUT2D eigenvalue weighted by Gasteiger charge is -2.46. The first-order valence-electron chi connectivity index (χ1n) is 7.83. The maximum Gasteiger partial charge on any atom is 0.0392 e. The van der Waals surface area contributed by atoms with Crippen LogP contribution in [0.15, 0.2) is 60.7 Å². The molecule has 1 aliphatic heterocycles. The Kier molecular flexibility index (Phi) is 4.26. The first-order chi connectivity index (χ1) is 10.2. The largest absolute Gasteiger partial charge is 0.364 e. The molecule has 0 spiro atoms. The zero-order valence-electron chi connectivity index (χ0n) is 12.9. The summed E-state index contributed by atoms with van der Waals surface area (Å²) in [7, 11) is 0. The van der Waals surface area contributed by atoms with Gasteiger partial charge in [0.2, 0.25) is 0 Å². The van der Waals surface area contributed by atoms with E-state index in [9.17, 15) is 0 Å². The minimum Gasteiger partial charge on any atom is -0.364 e. The zero-order chi connectivity index (χ0) is 14.7. The third-order valence-corrected chi connectivity index (χ3v) is 4.30. The van der Waals surface area contributed by atoms with Crippen LogP contribution >= 0.6 is 0 Å². The number of piperazine rings is 1. The van der Waals surface area contributed by atoms with Crippen molar-refractivity contribution < 1.29 is 0 Å². The van der Waals surface area contributed by atoms with Crippen molar-refractivity contribution in [2.45, 2.75) is 32.5 Å². The molecule has 3 rings (SSSR count). The number of benzene rings is 2. The predicted molar refractivity (Wildman–Crippen MR) is 89.6 cm³/mol.